The lowest BCUT2D eigenvalue weighted by Gasteiger charge is -2.23. The van der Waals surface area contributed by atoms with Gasteiger partial charge in [-0.3, -0.25) is 0 Å². The molecule has 0 amide bonds. The Labute approximate surface area is 87.0 Å². The minimum Gasteiger partial charge on any atom is -0.314 e. The number of hydrogen-bond donors (Lipinski definition) is 1. The molecule has 74 valence electrons. The standard InChI is InChI=1S/C11H17N.ClH/c1-11(2,12-3)9-10-7-5-4-6-8-10;/h4-8,12H,9H2,1-3H3;1H. The van der Waals surface area contributed by atoms with Crippen LogP contribution in [-0.4, -0.2) is 12.6 Å². The normalized spacial score (nSPS) is 10.7. The van der Waals surface area contributed by atoms with E-state index in [-0.39, 0.29) is 17.9 Å². The summed E-state index contributed by atoms with van der Waals surface area (Å²) in [7, 11) is 2.00. The molecule has 0 aliphatic carbocycles. The molecule has 0 fully saturated rings. The SMILES string of the molecule is CNC(C)(C)Cc1ccccc1.Cl. The fraction of sp³-hybridized carbons (Fsp3) is 0.455. The van der Waals surface area contributed by atoms with Gasteiger partial charge in [-0.05, 0) is 32.9 Å². The predicted octanol–water partition coefficient (Wildman–Crippen LogP) is 2.65. The number of rotatable bonds is 3. The van der Waals surface area contributed by atoms with E-state index >= 15 is 0 Å². The summed E-state index contributed by atoms with van der Waals surface area (Å²) >= 11 is 0. The lowest BCUT2D eigenvalue weighted by Crippen LogP contribution is -2.38. The Morgan fingerprint density at radius 2 is 1.69 bits per heavy atom. The Balaban J connectivity index is 0.00000144. The third-order valence-electron chi connectivity index (χ3n) is 2.17. The van der Waals surface area contributed by atoms with Gasteiger partial charge in [-0.2, -0.15) is 0 Å². The quantitative estimate of drug-likeness (QED) is 0.790. The molecule has 1 aromatic rings. The molecule has 0 saturated heterocycles. The topological polar surface area (TPSA) is 12.0 Å². The van der Waals surface area contributed by atoms with Gasteiger partial charge in [-0.15, -0.1) is 12.4 Å². The van der Waals surface area contributed by atoms with Gasteiger partial charge in [0, 0.05) is 5.54 Å². The fourth-order valence-electron chi connectivity index (χ4n) is 1.19. The molecule has 1 aromatic carbocycles. The van der Waals surface area contributed by atoms with Crippen LogP contribution in [0.15, 0.2) is 30.3 Å². The molecule has 0 heterocycles. The van der Waals surface area contributed by atoms with E-state index in [1.807, 2.05) is 7.05 Å². The Morgan fingerprint density at radius 1 is 1.15 bits per heavy atom. The molecule has 13 heavy (non-hydrogen) atoms. The molecule has 0 radical (unpaired) electrons. The van der Waals surface area contributed by atoms with E-state index in [1.54, 1.807) is 0 Å². The van der Waals surface area contributed by atoms with Crippen molar-refractivity contribution >= 4 is 12.4 Å². The maximum atomic E-state index is 3.29. The van der Waals surface area contributed by atoms with E-state index in [0.717, 1.165) is 6.42 Å². The lowest BCUT2D eigenvalue weighted by molar-refractivity contribution is 0.422. The van der Waals surface area contributed by atoms with Crippen LogP contribution >= 0.6 is 12.4 Å². The van der Waals surface area contributed by atoms with Crippen molar-refractivity contribution in [2.24, 2.45) is 0 Å². The highest BCUT2D eigenvalue weighted by Gasteiger charge is 2.14. The van der Waals surface area contributed by atoms with Gasteiger partial charge in [0.15, 0.2) is 0 Å². The van der Waals surface area contributed by atoms with Gasteiger partial charge in [0.2, 0.25) is 0 Å². The van der Waals surface area contributed by atoms with Gasteiger partial charge in [0.1, 0.15) is 0 Å². The van der Waals surface area contributed by atoms with Crippen molar-refractivity contribution < 1.29 is 0 Å². The van der Waals surface area contributed by atoms with E-state index in [1.165, 1.54) is 5.56 Å². The number of hydrogen-bond acceptors (Lipinski definition) is 1. The Hall–Kier alpha value is -0.530. The molecule has 0 bridgehead atoms. The van der Waals surface area contributed by atoms with Gasteiger partial charge in [0.05, 0.1) is 0 Å². The van der Waals surface area contributed by atoms with Crippen LogP contribution in [-0.2, 0) is 6.42 Å². The Morgan fingerprint density at radius 3 is 2.15 bits per heavy atom. The number of nitrogens with one attached hydrogen (secondary N) is 1. The zero-order valence-electron chi connectivity index (χ0n) is 8.50. The first kappa shape index (κ1) is 12.5. The second kappa shape index (κ2) is 5.25. The molecule has 0 unspecified atom stereocenters. The molecule has 0 saturated carbocycles. The highest BCUT2D eigenvalue weighted by Crippen LogP contribution is 2.10. The molecule has 0 aromatic heterocycles. The van der Waals surface area contributed by atoms with Crippen molar-refractivity contribution in [1.29, 1.82) is 0 Å². The summed E-state index contributed by atoms with van der Waals surface area (Å²) in [4.78, 5) is 0. The summed E-state index contributed by atoms with van der Waals surface area (Å²) in [6.45, 7) is 4.42. The highest BCUT2D eigenvalue weighted by molar-refractivity contribution is 5.85. The Kier molecular flexibility index (Phi) is 5.04. The molecule has 0 aliphatic rings. The molecule has 1 nitrogen and oxygen atoms in total. The highest BCUT2D eigenvalue weighted by atomic mass is 35.5. The van der Waals surface area contributed by atoms with Crippen LogP contribution < -0.4 is 5.32 Å². The van der Waals surface area contributed by atoms with E-state index in [2.05, 4.69) is 49.5 Å². The average Bonchev–Trinajstić information content (AvgIpc) is 2.06. The van der Waals surface area contributed by atoms with E-state index < -0.39 is 0 Å². The van der Waals surface area contributed by atoms with Crippen LogP contribution in [0.5, 0.6) is 0 Å². The molecule has 0 spiro atoms. The maximum Gasteiger partial charge on any atom is 0.0162 e. The second-order valence-electron chi connectivity index (χ2n) is 3.80. The van der Waals surface area contributed by atoms with Crippen LogP contribution in [0.4, 0.5) is 0 Å². The minimum atomic E-state index is 0. The lowest BCUT2D eigenvalue weighted by atomic mass is 9.95. The Bertz CT molecular complexity index is 231. The molecular formula is C11H18ClN. The smallest absolute Gasteiger partial charge is 0.0162 e. The van der Waals surface area contributed by atoms with Crippen molar-refractivity contribution in [3.8, 4) is 0 Å². The first-order chi connectivity index (χ1) is 5.64. The van der Waals surface area contributed by atoms with E-state index in [9.17, 15) is 0 Å². The zero-order chi connectivity index (χ0) is 9.03. The van der Waals surface area contributed by atoms with Crippen LogP contribution in [0.2, 0.25) is 0 Å². The van der Waals surface area contributed by atoms with Crippen molar-refractivity contribution in [1.82, 2.24) is 5.32 Å². The fourth-order valence-corrected chi connectivity index (χ4v) is 1.19. The molecule has 0 aliphatic heterocycles. The van der Waals surface area contributed by atoms with E-state index in [0.29, 0.717) is 0 Å². The van der Waals surface area contributed by atoms with Crippen LogP contribution in [0.1, 0.15) is 19.4 Å². The first-order valence-corrected chi connectivity index (χ1v) is 4.37. The summed E-state index contributed by atoms with van der Waals surface area (Å²) in [5, 5.41) is 3.29. The second-order valence-corrected chi connectivity index (χ2v) is 3.80. The van der Waals surface area contributed by atoms with Crippen LogP contribution in [0.3, 0.4) is 0 Å². The molecule has 2 heteroatoms. The monoisotopic (exact) mass is 199 g/mol. The van der Waals surface area contributed by atoms with Crippen molar-refractivity contribution in [3.63, 3.8) is 0 Å². The van der Waals surface area contributed by atoms with Crippen LogP contribution in [0, 0.1) is 0 Å². The zero-order valence-corrected chi connectivity index (χ0v) is 9.32. The molecule has 1 rings (SSSR count). The largest absolute Gasteiger partial charge is 0.314 e. The van der Waals surface area contributed by atoms with Gasteiger partial charge < -0.3 is 5.32 Å². The summed E-state index contributed by atoms with van der Waals surface area (Å²) in [6.07, 6.45) is 1.07. The minimum absolute atomic E-state index is 0. The van der Waals surface area contributed by atoms with Gasteiger partial charge in [-0.1, -0.05) is 30.3 Å². The summed E-state index contributed by atoms with van der Waals surface area (Å²) in [5.41, 5.74) is 1.58. The van der Waals surface area contributed by atoms with Gasteiger partial charge in [0.25, 0.3) is 0 Å². The average molecular weight is 200 g/mol. The third kappa shape index (κ3) is 4.30. The van der Waals surface area contributed by atoms with Crippen molar-refractivity contribution in [3.05, 3.63) is 35.9 Å². The van der Waals surface area contributed by atoms with Crippen molar-refractivity contribution in [2.45, 2.75) is 25.8 Å². The maximum absolute atomic E-state index is 3.29. The van der Waals surface area contributed by atoms with Crippen molar-refractivity contribution in [2.75, 3.05) is 7.05 Å². The number of benzene rings is 1. The molecular weight excluding hydrogens is 182 g/mol. The van der Waals surface area contributed by atoms with Gasteiger partial charge >= 0.3 is 0 Å². The molecule has 0 atom stereocenters. The molecule has 1 N–H and O–H groups in total. The third-order valence-corrected chi connectivity index (χ3v) is 2.17. The van der Waals surface area contributed by atoms with Gasteiger partial charge in [-0.25, -0.2) is 0 Å². The summed E-state index contributed by atoms with van der Waals surface area (Å²) < 4.78 is 0. The number of halogens is 1. The summed E-state index contributed by atoms with van der Waals surface area (Å²) in [5.74, 6) is 0. The van der Waals surface area contributed by atoms with Crippen LogP contribution in [0.25, 0.3) is 0 Å². The number of likely N-dealkylation sites (N-methyl/N-ethyl adjacent to an activating group) is 1. The first-order valence-electron chi connectivity index (χ1n) is 4.37. The van der Waals surface area contributed by atoms with E-state index in [4.69, 9.17) is 0 Å². The predicted molar refractivity (Wildman–Crippen MR) is 60.5 cm³/mol. The summed E-state index contributed by atoms with van der Waals surface area (Å²) in [6, 6.07) is 10.6.